The second-order valence-electron chi connectivity index (χ2n) is 6.90. The van der Waals surface area contributed by atoms with Crippen LogP contribution >= 0.6 is 0 Å². The Bertz CT molecular complexity index is 1110. The SMILES string of the molecule is COc1ccc2c(c1)CN(C(=O)c1cn(C)c3c(C)cn(C)c(=O)c13)C2. The second-order valence-corrected chi connectivity index (χ2v) is 6.90. The summed E-state index contributed by atoms with van der Waals surface area (Å²) in [5, 5.41) is 0.494. The minimum Gasteiger partial charge on any atom is -0.497 e. The van der Waals surface area contributed by atoms with Crippen molar-refractivity contribution in [1.29, 1.82) is 0 Å². The zero-order chi connectivity index (χ0) is 18.6. The van der Waals surface area contributed by atoms with Gasteiger partial charge in [0, 0.05) is 39.6 Å². The summed E-state index contributed by atoms with van der Waals surface area (Å²) in [5.74, 6) is 0.668. The zero-order valence-electron chi connectivity index (χ0n) is 15.4. The molecule has 6 nitrogen and oxygen atoms in total. The molecule has 0 spiro atoms. The molecule has 1 aromatic carbocycles. The maximum Gasteiger partial charge on any atom is 0.260 e. The topological polar surface area (TPSA) is 56.5 Å². The first-order valence-electron chi connectivity index (χ1n) is 8.51. The summed E-state index contributed by atoms with van der Waals surface area (Å²) in [4.78, 5) is 27.7. The van der Waals surface area contributed by atoms with E-state index in [1.54, 1.807) is 31.5 Å². The summed E-state index contributed by atoms with van der Waals surface area (Å²) in [6, 6.07) is 5.87. The van der Waals surface area contributed by atoms with Crippen LogP contribution in [0.4, 0.5) is 0 Å². The van der Waals surface area contributed by atoms with Crippen molar-refractivity contribution in [3.63, 3.8) is 0 Å². The van der Waals surface area contributed by atoms with Crippen LogP contribution in [0.2, 0.25) is 0 Å². The Hall–Kier alpha value is -3.02. The van der Waals surface area contributed by atoms with E-state index in [4.69, 9.17) is 4.74 Å². The molecule has 1 aliphatic rings. The van der Waals surface area contributed by atoms with Crippen LogP contribution in [0.15, 0.2) is 35.4 Å². The minimum absolute atomic E-state index is 0.117. The average Bonchev–Trinajstić information content (AvgIpc) is 3.19. The van der Waals surface area contributed by atoms with E-state index in [2.05, 4.69) is 0 Å². The number of hydrogen-bond acceptors (Lipinski definition) is 3. The van der Waals surface area contributed by atoms with E-state index in [1.165, 1.54) is 4.57 Å². The maximum absolute atomic E-state index is 13.2. The van der Waals surface area contributed by atoms with Gasteiger partial charge in [-0.15, -0.1) is 0 Å². The number of aromatic nitrogens is 2. The molecule has 0 fully saturated rings. The third-order valence-corrected chi connectivity index (χ3v) is 5.13. The van der Waals surface area contributed by atoms with Crippen molar-refractivity contribution in [2.45, 2.75) is 20.0 Å². The van der Waals surface area contributed by atoms with Crippen molar-refractivity contribution < 1.29 is 9.53 Å². The standard InChI is InChI=1S/C20H21N3O3/c1-12-8-22(3)20(25)17-16(11-21(2)18(12)17)19(24)23-9-13-5-6-15(26-4)7-14(13)10-23/h5-8,11H,9-10H2,1-4H3. The Kier molecular flexibility index (Phi) is 3.64. The molecule has 6 heteroatoms. The van der Waals surface area contributed by atoms with Gasteiger partial charge >= 0.3 is 0 Å². The number of rotatable bonds is 2. The summed E-state index contributed by atoms with van der Waals surface area (Å²) in [6.07, 6.45) is 3.57. The second kappa shape index (κ2) is 5.76. The van der Waals surface area contributed by atoms with Gasteiger partial charge in [0.2, 0.25) is 0 Å². The van der Waals surface area contributed by atoms with Crippen LogP contribution < -0.4 is 10.3 Å². The first-order valence-corrected chi connectivity index (χ1v) is 8.51. The van der Waals surface area contributed by atoms with Crippen LogP contribution in [0.1, 0.15) is 27.0 Å². The number of carbonyl (C=O) groups excluding carboxylic acids is 1. The number of hydrogen-bond donors (Lipinski definition) is 0. The van der Waals surface area contributed by atoms with Gasteiger partial charge in [-0.2, -0.15) is 0 Å². The first-order chi connectivity index (χ1) is 12.4. The molecule has 3 aromatic rings. The number of pyridine rings is 1. The molecule has 0 N–H and O–H groups in total. The lowest BCUT2D eigenvalue weighted by atomic mass is 10.1. The summed E-state index contributed by atoms with van der Waals surface area (Å²) < 4.78 is 8.68. The predicted molar refractivity (Wildman–Crippen MR) is 99.5 cm³/mol. The smallest absolute Gasteiger partial charge is 0.260 e. The quantitative estimate of drug-likeness (QED) is 0.712. The molecule has 26 heavy (non-hydrogen) atoms. The van der Waals surface area contributed by atoms with Gasteiger partial charge in [0.05, 0.1) is 23.6 Å². The molecular formula is C20H21N3O3. The number of amides is 1. The number of benzene rings is 1. The third kappa shape index (κ3) is 2.33. The zero-order valence-corrected chi connectivity index (χ0v) is 15.4. The van der Waals surface area contributed by atoms with Crippen molar-refractivity contribution in [2.24, 2.45) is 14.1 Å². The fourth-order valence-corrected chi connectivity index (χ4v) is 3.88. The highest BCUT2D eigenvalue weighted by Crippen LogP contribution is 2.29. The fraction of sp³-hybridized carbons (Fsp3) is 0.300. The number of nitrogens with zero attached hydrogens (tertiary/aromatic N) is 3. The summed E-state index contributed by atoms with van der Waals surface area (Å²) in [6.45, 7) is 3.02. The molecule has 0 saturated heterocycles. The van der Waals surface area contributed by atoms with Crippen LogP contribution in [0.5, 0.6) is 5.75 Å². The lowest BCUT2D eigenvalue weighted by molar-refractivity contribution is 0.0753. The first kappa shape index (κ1) is 16.4. The summed E-state index contributed by atoms with van der Waals surface area (Å²) in [5.41, 5.74) is 4.30. The number of methoxy groups -OCH3 is 1. The Morgan fingerprint density at radius 3 is 2.54 bits per heavy atom. The lowest BCUT2D eigenvalue weighted by Gasteiger charge is -2.14. The van der Waals surface area contributed by atoms with Crippen LogP contribution in [-0.4, -0.2) is 27.1 Å². The van der Waals surface area contributed by atoms with E-state index in [1.807, 2.05) is 36.7 Å². The Morgan fingerprint density at radius 1 is 1.08 bits per heavy atom. The van der Waals surface area contributed by atoms with Crippen LogP contribution in [0.3, 0.4) is 0 Å². The number of fused-ring (bicyclic) bond motifs is 2. The molecule has 0 saturated carbocycles. The van der Waals surface area contributed by atoms with Gasteiger partial charge in [-0.1, -0.05) is 6.07 Å². The molecule has 0 bridgehead atoms. The van der Waals surface area contributed by atoms with Crippen LogP contribution in [0, 0.1) is 6.92 Å². The highest BCUT2D eigenvalue weighted by Gasteiger charge is 2.28. The molecule has 3 heterocycles. The molecule has 134 valence electrons. The molecule has 0 atom stereocenters. The molecule has 1 amide bonds. The highest BCUT2D eigenvalue weighted by atomic mass is 16.5. The van der Waals surface area contributed by atoms with Gasteiger partial charge in [-0.05, 0) is 35.7 Å². The molecule has 1 aliphatic heterocycles. The normalized spacial score (nSPS) is 13.3. The van der Waals surface area contributed by atoms with Crippen molar-refractivity contribution >= 4 is 16.8 Å². The number of aryl methyl sites for hydroxylation is 3. The van der Waals surface area contributed by atoms with Crippen LogP contribution in [0.25, 0.3) is 10.9 Å². The van der Waals surface area contributed by atoms with Gasteiger partial charge in [0.1, 0.15) is 5.75 Å². The van der Waals surface area contributed by atoms with Crippen molar-refractivity contribution in [3.8, 4) is 5.75 Å². The largest absolute Gasteiger partial charge is 0.497 e. The number of ether oxygens (including phenoxy) is 1. The van der Waals surface area contributed by atoms with E-state index in [0.717, 1.165) is 28.0 Å². The maximum atomic E-state index is 13.2. The highest BCUT2D eigenvalue weighted by molar-refractivity contribution is 6.07. The average molecular weight is 351 g/mol. The van der Waals surface area contributed by atoms with Crippen LogP contribution in [-0.2, 0) is 27.2 Å². The van der Waals surface area contributed by atoms with Gasteiger partial charge in [0.15, 0.2) is 0 Å². The van der Waals surface area contributed by atoms with E-state index in [-0.39, 0.29) is 11.5 Å². The minimum atomic E-state index is -0.145. The predicted octanol–water partition coefficient (Wildman–Crippen LogP) is 2.35. The fourth-order valence-electron chi connectivity index (χ4n) is 3.88. The Labute approximate surface area is 151 Å². The van der Waals surface area contributed by atoms with Gasteiger partial charge in [-0.25, -0.2) is 0 Å². The van der Waals surface area contributed by atoms with Crippen molar-refractivity contribution in [1.82, 2.24) is 14.0 Å². The molecule has 0 unspecified atom stereocenters. The summed E-state index contributed by atoms with van der Waals surface area (Å²) in [7, 11) is 5.22. The molecule has 0 aliphatic carbocycles. The van der Waals surface area contributed by atoms with Gasteiger partial charge in [0.25, 0.3) is 11.5 Å². The monoisotopic (exact) mass is 351 g/mol. The van der Waals surface area contributed by atoms with E-state index >= 15 is 0 Å². The van der Waals surface area contributed by atoms with Crippen molar-refractivity contribution in [3.05, 3.63) is 63.2 Å². The Morgan fingerprint density at radius 2 is 1.81 bits per heavy atom. The molecule has 4 rings (SSSR count). The molecular weight excluding hydrogens is 330 g/mol. The molecule has 2 aromatic heterocycles. The lowest BCUT2D eigenvalue weighted by Crippen LogP contribution is -2.27. The Balaban J connectivity index is 1.78. The summed E-state index contributed by atoms with van der Waals surface area (Å²) >= 11 is 0. The molecule has 0 radical (unpaired) electrons. The van der Waals surface area contributed by atoms with Gasteiger partial charge < -0.3 is 18.8 Å². The van der Waals surface area contributed by atoms with E-state index in [0.29, 0.717) is 24.0 Å². The van der Waals surface area contributed by atoms with Gasteiger partial charge in [-0.3, -0.25) is 9.59 Å². The van der Waals surface area contributed by atoms with E-state index < -0.39 is 0 Å². The third-order valence-electron chi connectivity index (χ3n) is 5.13. The number of carbonyl (C=O) groups is 1. The van der Waals surface area contributed by atoms with E-state index in [9.17, 15) is 9.59 Å². The van der Waals surface area contributed by atoms with Crippen molar-refractivity contribution in [2.75, 3.05) is 7.11 Å².